The SMILES string of the molecule is CCCN(CC)c1ccc(N)c(N)n1. The molecule has 0 spiro atoms. The molecule has 0 aliphatic heterocycles. The average Bonchev–Trinajstić information content (AvgIpc) is 2.19. The first-order valence-corrected chi connectivity index (χ1v) is 4.96. The topological polar surface area (TPSA) is 68.2 Å². The van der Waals surface area contributed by atoms with Gasteiger partial charge in [0.1, 0.15) is 11.6 Å². The number of hydrogen-bond acceptors (Lipinski definition) is 4. The van der Waals surface area contributed by atoms with Crippen LogP contribution in [-0.4, -0.2) is 18.1 Å². The number of rotatable bonds is 4. The van der Waals surface area contributed by atoms with Gasteiger partial charge in [-0.05, 0) is 25.5 Å². The van der Waals surface area contributed by atoms with Crippen LogP contribution in [0.3, 0.4) is 0 Å². The molecule has 1 aromatic heterocycles. The van der Waals surface area contributed by atoms with Crippen LogP contribution in [0.2, 0.25) is 0 Å². The van der Waals surface area contributed by atoms with E-state index in [0.29, 0.717) is 11.5 Å². The van der Waals surface area contributed by atoms with Crippen LogP contribution in [0.5, 0.6) is 0 Å². The van der Waals surface area contributed by atoms with Crippen LogP contribution in [0.4, 0.5) is 17.3 Å². The smallest absolute Gasteiger partial charge is 0.149 e. The molecule has 0 aromatic carbocycles. The number of hydrogen-bond donors (Lipinski definition) is 2. The predicted molar refractivity (Wildman–Crippen MR) is 61.2 cm³/mol. The summed E-state index contributed by atoms with van der Waals surface area (Å²) in [6, 6.07) is 3.71. The Bertz CT molecular complexity index is 298. The second kappa shape index (κ2) is 4.69. The maximum absolute atomic E-state index is 5.65. The van der Waals surface area contributed by atoms with Crippen molar-refractivity contribution in [2.75, 3.05) is 29.5 Å². The third kappa shape index (κ3) is 2.28. The van der Waals surface area contributed by atoms with E-state index in [4.69, 9.17) is 11.5 Å². The third-order valence-electron chi connectivity index (χ3n) is 2.14. The highest BCUT2D eigenvalue weighted by molar-refractivity contribution is 5.62. The molecule has 1 aromatic rings. The zero-order chi connectivity index (χ0) is 10.6. The number of nitrogen functional groups attached to an aromatic ring is 2. The first-order chi connectivity index (χ1) is 6.69. The molecule has 0 fully saturated rings. The van der Waals surface area contributed by atoms with Crippen molar-refractivity contribution >= 4 is 17.3 Å². The highest BCUT2D eigenvalue weighted by atomic mass is 15.2. The molecule has 0 bridgehead atoms. The molecular weight excluding hydrogens is 176 g/mol. The molecule has 0 amide bonds. The summed E-state index contributed by atoms with van der Waals surface area (Å²) in [5.74, 6) is 1.32. The molecule has 4 heteroatoms. The van der Waals surface area contributed by atoms with E-state index in [1.807, 2.05) is 6.07 Å². The zero-order valence-electron chi connectivity index (χ0n) is 8.83. The fraction of sp³-hybridized carbons (Fsp3) is 0.500. The van der Waals surface area contributed by atoms with Gasteiger partial charge in [-0.15, -0.1) is 0 Å². The van der Waals surface area contributed by atoms with Gasteiger partial charge in [-0.25, -0.2) is 4.98 Å². The highest BCUT2D eigenvalue weighted by Crippen LogP contribution is 2.18. The fourth-order valence-electron chi connectivity index (χ4n) is 1.36. The first-order valence-electron chi connectivity index (χ1n) is 4.96. The minimum Gasteiger partial charge on any atom is -0.396 e. The van der Waals surface area contributed by atoms with Crippen molar-refractivity contribution < 1.29 is 0 Å². The number of nitrogens with two attached hydrogens (primary N) is 2. The van der Waals surface area contributed by atoms with Crippen LogP contribution >= 0.6 is 0 Å². The Labute approximate surface area is 84.9 Å². The van der Waals surface area contributed by atoms with Crippen molar-refractivity contribution in [1.82, 2.24) is 4.98 Å². The van der Waals surface area contributed by atoms with E-state index in [-0.39, 0.29) is 0 Å². The Morgan fingerprint density at radius 3 is 2.50 bits per heavy atom. The first kappa shape index (κ1) is 10.6. The number of anilines is 3. The molecule has 1 heterocycles. The summed E-state index contributed by atoms with van der Waals surface area (Å²) in [7, 11) is 0. The molecular formula is C10H18N4. The molecule has 0 saturated carbocycles. The summed E-state index contributed by atoms with van der Waals surface area (Å²) in [6.45, 7) is 6.17. The summed E-state index contributed by atoms with van der Waals surface area (Å²) in [6.07, 6.45) is 1.10. The van der Waals surface area contributed by atoms with Gasteiger partial charge in [-0.1, -0.05) is 6.92 Å². The predicted octanol–water partition coefficient (Wildman–Crippen LogP) is 1.48. The standard InChI is InChI=1S/C10H18N4/c1-3-7-14(4-2)9-6-5-8(11)10(12)13-9/h5-6H,3-4,7,11H2,1-2H3,(H2,12,13). The fourth-order valence-corrected chi connectivity index (χ4v) is 1.36. The van der Waals surface area contributed by atoms with Crippen LogP contribution < -0.4 is 16.4 Å². The Balaban J connectivity index is 2.88. The molecule has 14 heavy (non-hydrogen) atoms. The van der Waals surface area contributed by atoms with E-state index in [1.54, 1.807) is 6.07 Å². The summed E-state index contributed by atoms with van der Waals surface area (Å²) in [5, 5.41) is 0. The van der Waals surface area contributed by atoms with Gasteiger partial charge in [0.2, 0.25) is 0 Å². The molecule has 78 valence electrons. The van der Waals surface area contributed by atoms with Gasteiger partial charge >= 0.3 is 0 Å². The summed E-state index contributed by atoms with van der Waals surface area (Å²) < 4.78 is 0. The molecule has 4 N–H and O–H groups in total. The minimum absolute atomic E-state index is 0.414. The molecule has 0 unspecified atom stereocenters. The summed E-state index contributed by atoms with van der Waals surface area (Å²) in [5.41, 5.74) is 11.8. The van der Waals surface area contributed by atoms with Crippen molar-refractivity contribution in [3.63, 3.8) is 0 Å². The van der Waals surface area contributed by atoms with Crippen molar-refractivity contribution in [3.05, 3.63) is 12.1 Å². The van der Waals surface area contributed by atoms with Crippen molar-refractivity contribution in [2.24, 2.45) is 0 Å². The molecule has 0 saturated heterocycles. The Morgan fingerprint density at radius 1 is 1.29 bits per heavy atom. The second-order valence-electron chi connectivity index (χ2n) is 3.22. The maximum Gasteiger partial charge on any atom is 0.149 e. The maximum atomic E-state index is 5.65. The van der Waals surface area contributed by atoms with E-state index < -0.39 is 0 Å². The molecule has 0 aliphatic carbocycles. The summed E-state index contributed by atoms with van der Waals surface area (Å²) >= 11 is 0. The van der Waals surface area contributed by atoms with Gasteiger partial charge in [0.25, 0.3) is 0 Å². The third-order valence-corrected chi connectivity index (χ3v) is 2.14. The second-order valence-corrected chi connectivity index (χ2v) is 3.22. The van der Waals surface area contributed by atoms with Gasteiger partial charge in [0, 0.05) is 13.1 Å². The number of pyridine rings is 1. The van der Waals surface area contributed by atoms with Gasteiger partial charge in [0.15, 0.2) is 0 Å². The van der Waals surface area contributed by atoms with E-state index in [1.165, 1.54) is 0 Å². The normalized spacial score (nSPS) is 10.1. The van der Waals surface area contributed by atoms with Crippen LogP contribution in [0.15, 0.2) is 12.1 Å². The van der Waals surface area contributed by atoms with Crippen LogP contribution in [0, 0.1) is 0 Å². The zero-order valence-corrected chi connectivity index (χ0v) is 8.83. The molecule has 0 aliphatic rings. The number of nitrogens with zero attached hydrogens (tertiary/aromatic N) is 2. The quantitative estimate of drug-likeness (QED) is 0.761. The van der Waals surface area contributed by atoms with E-state index in [0.717, 1.165) is 25.3 Å². The lowest BCUT2D eigenvalue weighted by Crippen LogP contribution is -2.24. The Morgan fingerprint density at radius 2 is 2.00 bits per heavy atom. The Hall–Kier alpha value is -1.45. The van der Waals surface area contributed by atoms with Gasteiger partial charge in [-0.2, -0.15) is 0 Å². The molecule has 1 rings (SSSR count). The lowest BCUT2D eigenvalue weighted by atomic mass is 10.3. The van der Waals surface area contributed by atoms with E-state index in [2.05, 4.69) is 23.7 Å². The Kier molecular flexibility index (Phi) is 3.56. The molecule has 4 nitrogen and oxygen atoms in total. The van der Waals surface area contributed by atoms with Crippen molar-refractivity contribution in [1.29, 1.82) is 0 Å². The largest absolute Gasteiger partial charge is 0.396 e. The molecule has 0 atom stereocenters. The lowest BCUT2D eigenvalue weighted by Gasteiger charge is -2.21. The number of aromatic nitrogens is 1. The monoisotopic (exact) mass is 194 g/mol. The van der Waals surface area contributed by atoms with Gasteiger partial charge in [-0.3, -0.25) is 0 Å². The average molecular weight is 194 g/mol. The highest BCUT2D eigenvalue weighted by Gasteiger charge is 2.05. The van der Waals surface area contributed by atoms with Crippen molar-refractivity contribution in [2.45, 2.75) is 20.3 Å². The summed E-state index contributed by atoms with van der Waals surface area (Å²) in [4.78, 5) is 6.42. The van der Waals surface area contributed by atoms with E-state index >= 15 is 0 Å². The van der Waals surface area contributed by atoms with Gasteiger partial charge in [0.05, 0.1) is 5.69 Å². The van der Waals surface area contributed by atoms with Gasteiger partial charge < -0.3 is 16.4 Å². The van der Waals surface area contributed by atoms with E-state index in [9.17, 15) is 0 Å². The minimum atomic E-state index is 0.414. The van der Waals surface area contributed by atoms with Crippen LogP contribution in [0.25, 0.3) is 0 Å². The molecule has 0 radical (unpaired) electrons. The lowest BCUT2D eigenvalue weighted by molar-refractivity contribution is 0.779. The van der Waals surface area contributed by atoms with Crippen LogP contribution in [-0.2, 0) is 0 Å². The van der Waals surface area contributed by atoms with Crippen molar-refractivity contribution in [3.8, 4) is 0 Å². The van der Waals surface area contributed by atoms with Crippen LogP contribution in [0.1, 0.15) is 20.3 Å².